The van der Waals surface area contributed by atoms with E-state index in [4.69, 9.17) is 34.8 Å². The van der Waals surface area contributed by atoms with Crippen molar-refractivity contribution in [1.29, 1.82) is 0 Å². The van der Waals surface area contributed by atoms with Crippen LogP contribution in [0, 0.1) is 0 Å². The first kappa shape index (κ1) is 20.1. The highest BCUT2D eigenvalue weighted by molar-refractivity contribution is 6.74. The fourth-order valence-corrected chi connectivity index (χ4v) is 2.11. The van der Waals surface area contributed by atoms with Gasteiger partial charge in [0.15, 0.2) is 0 Å². The summed E-state index contributed by atoms with van der Waals surface area (Å²) in [5.41, 5.74) is -0.537. The Labute approximate surface area is 139 Å². The van der Waals surface area contributed by atoms with Crippen molar-refractivity contribution in [2.24, 2.45) is 0 Å². The summed E-state index contributed by atoms with van der Waals surface area (Å²) in [5.74, 6) is 0. The highest BCUT2D eigenvalue weighted by atomic mass is 35.5. The summed E-state index contributed by atoms with van der Waals surface area (Å²) < 4.78 is 0. The van der Waals surface area contributed by atoms with E-state index in [0.29, 0.717) is 0 Å². The van der Waals surface area contributed by atoms with Crippen LogP contribution in [0.15, 0.2) is 18.2 Å². The van der Waals surface area contributed by atoms with E-state index in [2.05, 4.69) is 13.8 Å². The molecule has 0 N–H and O–H groups in total. The van der Waals surface area contributed by atoms with Crippen molar-refractivity contribution in [1.82, 2.24) is 0 Å². The second-order valence-electron chi connectivity index (χ2n) is 4.26. The van der Waals surface area contributed by atoms with Gasteiger partial charge in [0, 0.05) is 11.1 Å². The molecule has 0 saturated heterocycles. The number of benzene rings is 1. The lowest BCUT2D eigenvalue weighted by Gasteiger charge is -2.04. The number of hydrogen-bond acceptors (Lipinski definition) is 3. The van der Waals surface area contributed by atoms with Gasteiger partial charge in [0.05, 0.1) is 5.56 Å². The van der Waals surface area contributed by atoms with Crippen LogP contribution in [0.1, 0.15) is 70.6 Å². The van der Waals surface area contributed by atoms with Gasteiger partial charge in [-0.15, -0.1) is 0 Å². The van der Waals surface area contributed by atoms with Gasteiger partial charge in [-0.1, -0.05) is 45.6 Å². The highest BCUT2D eigenvalue weighted by Gasteiger charge is 2.21. The molecule has 0 aliphatic heterocycles. The third-order valence-corrected chi connectivity index (χ3v) is 3.24. The highest BCUT2D eigenvalue weighted by Crippen LogP contribution is 2.20. The van der Waals surface area contributed by atoms with Crippen LogP contribution in [0.2, 0.25) is 0 Å². The summed E-state index contributed by atoms with van der Waals surface area (Å²) in [6.45, 7) is 4.46. The van der Waals surface area contributed by atoms with Crippen molar-refractivity contribution >= 4 is 50.5 Å². The maximum absolute atomic E-state index is 11.0. The lowest BCUT2D eigenvalue weighted by atomic mass is 10.0. The lowest BCUT2D eigenvalue weighted by molar-refractivity contribution is 0.104. The van der Waals surface area contributed by atoms with E-state index in [1.807, 2.05) is 0 Å². The summed E-state index contributed by atoms with van der Waals surface area (Å²) >= 11 is 15.7. The predicted octanol–water partition coefficient (Wildman–Crippen LogP) is 5.41. The summed E-state index contributed by atoms with van der Waals surface area (Å²) in [6, 6.07) is 3.96. The zero-order chi connectivity index (χ0) is 16.4. The number of carbonyl (C=O) groups is 3. The van der Waals surface area contributed by atoms with Crippen LogP contribution in [0.25, 0.3) is 0 Å². The van der Waals surface area contributed by atoms with Gasteiger partial charge in [-0.2, -0.15) is 0 Å². The van der Waals surface area contributed by atoms with E-state index in [0.717, 1.165) is 0 Å². The Bertz CT molecular complexity index is 477. The molecule has 0 atom stereocenters. The average Bonchev–Trinajstić information content (AvgIpc) is 2.44. The second-order valence-corrected chi connectivity index (χ2v) is 5.29. The van der Waals surface area contributed by atoms with Crippen LogP contribution in [0.3, 0.4) is 0 Å². The molecule has 6 heteroatoms. The summed E-state index contributed by atoms with van der Waals surface area (Å²) in [7, 11) is 0. The van der Waals surface area contributed by atoms with Crippen LogP contribution in [-0.2, 0) is 0 Å². The molecule has 0 amide bonds. The summed E-state index contributed by atoms with van der Waals surface area (Å²) in [4.78, 5) is 32.9. The van der Waals surface area contributed by atoms with Gasteiger partial charge in [-0.25, -0.2) is 0 Å². The normalized spacial score (nSPS) is 9.57. The molecule has 3 nitrogen and oxygen atoms in total. The molecule has 1 rings (SSSR count). The van der Waals surface area contributed by atoms with Gasteiger partial charge < -0.3 is 0 Å². The molecule has 0 radical (unpaired) electrons. The monoisotopic (exact) mass is 350 g/mol. The van der Waals surface area contributed by atoms with Crippen LogP contribution in [0.4, 0.5) is 0 Å². The first-order chi connectivity index (χ1) is 9.86. The molecule has 0 spiro atoms. The van der Waals surface area contributed by atoms with E-state index in [1.54, 1.807) is 0 Å². The van der Waals surface area contributed by atoms with Crippen molar-refractivity contribution in [2.75, 3.05) is 0 Å². The lowest BCUT2D eigenvalue weighted by Crippen LogP contribution is -2.07. The molecule has 0 bridgehead atoms. The number of unbranched alkanes of at least 4 members (excludes halogenated alkanes) is 3. The fraction of sp³-hybridized carbons (Fsp3) is 0.400. The van der Waals surface area contributed by atoms with E-state index >= 15 is 0 Å². The van der Waals surface area contributed by atoms with Gasteiger partial charge in [0.25, 0.3) is 15.7 Å². The molecule has 0 saturated carbocycles. The van der Waals surface area contributed by atoms with Crippen molar-refractivity contribution in [3.05, 3.63) is 34.9 Å². The fourth-order valence-electron chi connectivity index (χ4n) is 1.59. The van der Waals surface area contributed by atoms with Crippen LogP contribution < -0.4 is 0 Å². The quantitative estimate of drug-likeness (QED) is 0.508. The number of hydrogen-bond donors (Lipinski definition) is 0. The third-order valence-electron chi connectivity index (χ3n) is 2.64. The molecule has 21 heavy (non-hydrogen) atoms. The average molecular weight is 352 g/mol. The Kier molecular flexibility index (Phi) is 10.3. The van der Waals surface area contributed by atoms with Gasteiger partial charge in [0.2, 0.25) is 0 Å². The van der Waals surface area contributed by atoms with Crippen molar-refractivity contribution < 1.29 is 14.4 Å². The molecule has 116 valence electrons. The zero-order valence-electron chi connectivity index (χ0n) is 11.9. The molecule has 1 aromatic carbocycles. The Hall–Kier alpha value is -0.900. The van der Waals surface area contributed by atoms with Gasteiger partial charge in [-0.3, -0.25) is 14.4 Å². The SMILES string of the molecule is CCCCCC.O=C(Cl)c1cccc(C(=O)Cl)c1C(=O)Cl. The Morgan fingerprint density at radius 2 is 1.19 bits per heavy atom. The molecular weight excluding hydrogens is 335 g/mol. The van der Waals surface area contributed by atoms with E-state index in [-0.39, 0.29) is 16.7 Å². The maximum atomic E-state index is 11.0. The zero-order valence-corrected chi connectivity index (χ0v) is 14.2. The van der Waals surface area contributed by atoms with Crippen LogP contribution in [-0.4, -0.2) is 15.7 Å². The number of halogens is 3. The predicted molar refractivity (Wildman–Crippen MR) is 86.8 cm³/mol. The molecule has 1 aromatic rings. The first-order valence-corrected chi connectivity index (χ1v) is 7.72. The second kappa shape index (κ2) is 10.8. The Balaban J connectivity index is 0.000000567. The number of carbonyl (C=O) groups excluding carboxylic acids is 3. The van der Waals surface area contributed by atoms with Gasteiger partial charge in [-0.05, 0) is 46.9 Å². The summed E-state index contributed by atoms with van der Waals surface area (Å²) in [5, 5.41) is -2.71. The first-order valence-electron chi connectivity index (χ1n) is 6.59. The Morgan fingerprint density at radius 1 is 0.810 bits per heavy atom. The van der Waals surface area contributed by atoms with E-state index in [9.17, 15) is 14.4 Å². The van der Waals surface area contributed by atoms with E-state index < -0.39 is 15.7 Å². The molecule has 0 aliphatic carbocycles. The van der Waals surface area contributed by atoms with Crippen LogP contribution >= 0.6 is 34.8 Å². The molecule has 0 aliphatic rings. The van der Waals surface area contributed by atoms with Crippen LogP contribution in [0.5, 0.6) is 0 Å². The van der Waals surface area contributed by atoms with Crippen molar-refractivity contribution in [3.8, 4) is 0 Å². The third kappa shape index (κ3) is 7.07. The summed E-state index contributed by atoms with van der Waals surface area (Å²) in [6.07, 6.45) is 5.54. The minimum Gasteiger partial charge on any atom is -0.276 e. The maximum Gasteiger partial charge on any atom is 0.253 e. The Morgan fingerprint density at radius 3 is 1.43 bits per heavy atom. The number of rotatable bonds is 6. The topological polar surface area (TPSA) is 51.2 Å². The van der Waals surface area contributed by atoms with Crippen molar-refractivity contribution in [2.45, 2.75) is 39.5 Å². The molecule has 0 heterocycles. The molecule has 0 aromatic heterocycles. The molecule has 0 unspecified atom stereocenters. The van der Waals surface area contributed by atoms with Crippen molar-refractivity contribution in [3.63, 3.8) is 0 Å². The smallest absolute Gasteiger partial charge is 0.253 e. The minimum atomic E-state index is -0.955. The van der Waals surface area contributed by atoms with Gasteiger partial charge >= 0.3 is 0 Å². The largest absolute Gasteiger partial charge is 0.276 e. The van der Waals surface area contributed by atoms with Gasteiger partial charge in [0.1, 0.15) is 0 Å². The molecule has 0 fully saturated rings. The molecular formula is C15H17Cl3O3. The van der Waals surface area contributed by atoms with E-state index in [1.165, 1.54) is 43.9 Å². The standard InChI is InChI=1S/C9H3Cl3O3.C6H14/c10-7(13)4-2-1-3-5(8(11)14)6(4)9(12)15;1-3-5-6-4-2/h1-3H;3-6H2,1-2H3. The minimum absolute atomic E-state index is 0.136.